The third-order valence-electron chi connectivity index (χ3n) is 4.62. The van der Waals surface area contributed by atoms with Gasteiger partial charge in [0.25, 0.3) is 0 Å². The van der Waals surface area contributed by atoms with Gasteiger partial charge in [0.1, 0.15) is 0 Å². The zero-order valence-corrected chi connectivity index (χ0v) is 12.9. The average Bonchev–Trinajstić information content (AvgIpc) is 3.12. The van der Waals surface area contributed by atoms with Crippen molar-refractivity contribution in [2.75, 3.05) is 0 Å². The molecule has 1 aliphatic carbocycles. The second-order valence-electron chi connectivity index (χ2n) is 6.16. The summed E-state index contributed by atoms with van der Waals surface area (Å²) in [5, 5.41) is 2.16. The van der Waals surface area contributed by atoms with Gasteiger partial charge in [0.15, 0.2) is 0 Å². The molecule has 1 saturated carbocycles. The predicted octanol–water partition coefficient (Wildman–Crippen LogP) is 3.23. The Labute approximate surface area is 126 Å². The first-order valence-corrected chi connectivity index (χ1v) is 7.61. The Kier molecular flexibility index (Phi) is 3.57. The number of nitrogens with zero attached hydrogens (tertiary/aromatic N) is 1. The quantitative estimate of drug-likeness (QED) is 0.819. The largest absolute Gasteiger partial charge is 0.355 e. The molecule has 0 radical (unpaired) electrons. The smallest absolute Gasteiger partial charge is 0.0906 e. The zero-order valence-electron chi connectivity index (χ0n) is 12.9. The fourth-order valence-electron chi connectivity index (χ4n) is 2.83. The second kappa shape index (κ2) is 5.38. The van der Waals surface area contributed by atoms with Gasteiger partial charge in [0, 0.05) is 24.1 Å². The molecule has 2 nitrogen and oxygen atoms in total. The van der Waals surface area contributed by atoms with Crippen LogP contribution in [0.25, 0.3) is 11.4 Å². The molecular formula is C19H22N2. The monoisotopic (exact) mass is 278 g/mol. The van der Waals surface area contributed by atoms with Crippen molar-refractivity contribution in [3.05, 3.63) is 52.7 Å². The maximum absolute atomic E-state index is 4.67. The molecule has 1 fully saturated rings. The Morgan fingerprint density at radius 3 is 3.00 bits per heavy atom. The number of allylic oxidation sites excluding steroid dienone is 3. The molecule has 1 aromatic heterocycles. The van der Waals surface area contributed by atoms with E-state index >= 15 is 0 Å². The van der Waals surface area contributed by atoms with Crippen LogP contribution in [0.3, 0.4) is 0 Å². The number of aromatic amines is 1. The first kappa shape index (κ1) is 13.9. The summed E-state index contributed by atoms with van der Waals surface area (Å²) in [5.74, 6) is 0. The lowest BCUT2D eigenvalue weighted by atomic mass is 9.93. The summed E-state index contributed by atoms with van der Waals surface area (Å²) in [5.41, 5.74) is 7.27. The third kappa shape index (κ3) is 2.72. The topological polar surface area (TPSA) is 28.1 Å². The Balaban J connectivity index is 2.00. The van der Waals surface area contributed by atoms with Crippen molar-refractivity contribution in [2.24, 2.45) is 10.4 Å². The minimum Gasteiger partial charge on any atom is -0.355 e. The van der Waals surface area contributed by atoms with Crippen molar-refractivity contribution >= 4 is 17.6 Å². The van der Waals surface area contributed by atoms with E-state index in [0.717, 1.165) is 29.1 Å². The fraction of sp³-hybridized carbons (Fsp3) is 0.368. The molecule has 1 aromatic rings. The van der Waals surface area contributed by atoms with Crippen molar-refractivity contribution < 1.29 is 0 Å². The van der Waals surface area contributed by atoms with E-state index in [0.29, 0.717) is 5.41 Å². The predicted molar refractivity (Wildman–Crippen MR) is 89.4 cm³/mol. The van der Waals surface area contributed by atoms with Gasteiger partial charge in [-0.3, -0.25) is 4.99 Å². The highest BCUT2D eigenvalue weighted by Gasteiger charge is 2.41. The van der Waals surface area contributed by atoms with Crippen LogP contribution in [0, 0.1) is 5.41 Å². The third-order valence-corrected chi connectivity index (χ3v) is 4.62. The summed E-state index contributed by atoms with van der Waals surface area (Å²) < 4.78 is 0. The Hall–Kier alpha value is -2.05. The normalized spacial score (nSPS) is 19.5. The zero-order chi connectivity index (χ0) is 14.9. The van der Waals surface area contributed by atoms with Gasteiger partial charge in [-0.1, -0.05) is 24.0 Å². The highest BCUT2D eigenvalue weighted by molar-refractivity contribution is 5.74. The summed E-state index contributed by atoms with van der Waals surface area (Å²) in [6, 6.07) is 2.08. The Morgan fingerprint density at radius 1 is 1.48 bits per heavy atom. The summed E-state index contributed by atoms with van der Waals surface area (Å²) in [6.07, 6.45) is 12.7. The first-order chi connectivity index (χ1) is 10.1. The lowest BCUT2D eigenvalue weighted by Gasteiger charge is -2.13. The van der Waals surface area contributed by atoms with Crippen molar-refractivity contribution in [2.45, 2.75) is 39.5 Å². The number of H-pyrrole nitrogens is 1. The van der Waals surface area contributed by atoms with Crippen LogP contribution in [-0.2, 0) is 0 Å². The maximum atomic E-state index is 4.67. The number of aliphatic imine (C=N–C) groups is 1. The van der Waals surface area contributed by atoms with Gasteiger partial charge in [-0.2, -0.15) is 0 Å². The van der Waals surface area contributed by atoms with Crippen LogP contribution in [0.15, 0.2) is 47.1 Å². The average molecular weight is 278 g/mol. The molecule has 0 saturated heterocycles. The van der Waals surface area contributed by atoms with Crippen molar-refractivity contribution in [3.8, 4) is 0 Å². The van der Waals surface area contributed by atoms with Crippen LogP contribution >= 0.6 is 0 Å². The first-order valence-electron chi connectivity index (χ1n) is 7.61. The molecule has 1 aliphatic heterocycles. The lowest BCUT2D eigenvalue weighted by Crippen LogP contribution is -2.24. The summed E-state index contributed by atoms with van der Waals surface area (Å²) in [6.45, 7) is 8.46. The van der Waals surface area contributed by atoms with E-state index in [1.54, 1.807) is 0 Å². The number of hydrogen-bond donors (Lipinski definition) is 1. The molecule has 108 valence electrons. The molecule has 2 aliphatic rings. The van der Waals surface area contributed by atoms with E-state index in [2.05, 4.69) is 48.3 Å². The summed E-state index contributed by atoms with van der Waals surface area (Å²) in [7, 11) is 0. The van der Waals surface area contributed by atoms with Gasteiger partial charge in [0.2, 0.25) is 0 Å². The molecule has 0 unspecified atom stereocenters. The molecule has 3 rings (SSSR count). The van der Waals surface area contributed by atoms with Gasteiger partial charge in [0.05, 0.1) is 11.0 Å². The van der Waals surface area contributed by atoms with Crippen LogP contribution < -0.4 is 10.6 Å². The van der Waals surface area contributed by atoms with Gasteiger partial charge >= 0.3 is 0 Å². The van der Waals surface area contributed by atoms with Crippen LogP contribution in [0.2, 0.25) is 0 Å². The van der Waals surface area contributed by atoms with Crippen molar-refractivity contribution in [1.29, 1.82) is 0 Å². The maximum Gasteiger partial charge on any atom is 0.0906 e. The van der Waals surface area contributed by atoms with E-state index in [1.165, 1.54) is 24.0 Å². The fourth-order valence-corrected chi connectivity index (χ4v) is 2.83. The number of aromatic nitrogens is 1. The summed E-state index contributed by atoms with van der Waals surface area (Å²) >= 11 is 0. The van der Waals surface area contributed by atoms with Crippen LogP contribution in [0.5, 0.6) is 0 Å². The van der Waals surface area contributed by atoms with E-state index in [-0.39, 0.29) is 0 Å². The van der Waals surface area contributed by atoms with E-state index in [9.17, 15) is 0 Å². The van der Waals surface area contributed by atoms with Crippen molar-refractivity contribution in [3.63, 3.8) is 0 Å². The van der Waals surface area contributed by atoms with Gasteiger partial charge in [-0.25, -0.2) is 0 Å². The van der Waals surface area contributed by atoms with Crippen LogP contribution in [-0.4, -0.2) is 11.2 Å². The van der Waals surface area contributed by atoms with Crippen molar-refractivity contribution in [1.82, 2.24) is 4.98 Å². The summed E-state index contributed by atoms with van der Waals surface area (Å²) in [4.78, 5) is 7.91. The van der Waals surface area contributed by atoms with E-state index in [1.807, 2.05) is 18.5 Å². The van der Waals surface area contributed by atoms with E-state index < -0.39 is 0 Å². The van der Waals surface area contributed by atoms with Crippen LogP contribution in [0.1, 0.15) is 39.5 Å². The van der Waals surface area contributed by atoms with Gasteiger partial charge in [-0.05, 0) is 56.2 Å². The Morgan fingerprint density at radius 2 is 2.29 bits per heavy atom. The molecule has 0 aromatic carbocycles. The van der Waals surface area contributed by atoms with Gasteiger partial charge in [-0.15, -0.1) is 0 Å². The molecule has 1 N–H and O–H groups in total. The molecule has 0 atom stereocenters. The molecule has 0 bridgehead atoms. The molecule has 2 heteroatoms. The highest BCUT2D eigenvalue weighted by atomic mass is 14.7. The van der Waals surface area contributed by atoms with E-state index in [4.69, 9.17) is 0 Å². The molecule has 0 spiro atoms. The number of rotatable bonds is 4. The molecule has 0 amide bonds. The number of fused-ring (bicyclic) bond motifs is 1. The van der Waals surface area contributed by atoms with Gasteiger partial charge < -0.3 is 4.98 Å². The molecular weight excluding hydrogens is 256 g/mol. The molecule has 2 heterocycles. The standard InChI is InChI=1S/C19H22N2/c1-14(2)19(10-11-19)9-7-15(3)18-16-8-13-20-17(16)6-4-5-12-21-18/h4,7-8,12-13,20H,1,5,9-11H2,2-3H3. The second-order valence-corrected chi connectivity index (χ2v) is 6.16. The lowest BCUT2D eigenvalue weighted by molar-refractivity contribution is 0.620. The highest BCUT2D eigenvalue weighted by Crippen LogP contribution is 2.54. The Bertz CT molecular complexity index is 776. The molecule has 21 heavy (non-hydrogen) atoms. The minimum absolute atomic E-state index is 0.361. The number of hydrogen-bond acceptors (Lipinski definition) is 1. The van der Waals surface area contributed by atoms with Crippen LogP contribution in [0.4, 0.5) is 0 Å². The number of nitrogens with one attached hydrogen (secondary N) is 1. The minimum atomic E-state index is 0.361. The SMILES string of the molecule is C=C(C)C1(CC=C(C)C2=c3cc[nH]c3=C=CCC=N2)CC1.